The van der Waals surface area contributed by atoms with Crippen LogP contribution in [0.25, 0.3) is 22.3 Å². The number of carbonyl (C=O) groups is 1. The Kier molecular flexibility index (Phi) is 5.57. The van der Waals surface area contributed by atoms with Gasteiger partial charge in [-0.1, -0.05) is 32.9 Å². The normalized spacial score (nSPS) is 11.4. The first-order valence-corrected chi connectivity index (χ1v) is 10.4. The molecule has 4 rings (SSSR count). The molecule has 0 atom stereocenters. The number of nitrogens with one attached hydrogen (secondary N) is 1. The molecule has 162 valence electrons. The molecule has 0 spiro atoms. The summed E-state index contributed by atoms with van der Waals surface area (Å²) in [7, 11) is 1.55. The van der Waals surface area contributed by atoms with E-state index in [1.54, 1.807) is 37.4 Å². The van der Waals surface area contributed by atoms with Crippen molar-refractivity contribution in [2.24, 2.45) is 0 Å². The third-order valence-corrected chi connectivity index (χ3v) is 5.37. The van der Waals surface area contributed by atoms with Crippen LogP contribution in [0.4, 0.5) is 5.69 Å². The molecule has 1 heterocycles. The van der Waals surface area contributed by atoms with Gasteiger partial charge in [-0.15, -0.1) is 0 Å². The molecule has 0 saturated carbocycles. The molecule has 4 aromatic rings. The van der Waals surface area contributed by atoms with E-state index in [0.717, 1.165) is 5.56 Å². The standard InChI is InChI=1S/C27H25NO4/c1-27(2,3)19-9-5-18(6-10-19)26(30)28-20-11-7-17(8-12-20)25-16-23(29)22-15-21(31-4)13-14-24(22)32-25/h5-16H,1-4H3,(H,28,30). The van der Waals surface area contributed by atoms with Gasteiger partial charge in [0.1, 0.15) is 17.1 Å². The number of benzene rings is 3. The van der Waals surface area contributed by atoms with E-state index in [2.05, 4.69) is 26.1 Å². The highest BCUT2D eigenvalue weighted by Crippen LogP contribution is 2.26. The SMILES string of the molecule is COc1ccc2oc(-c3ccc(NC(=O)c4ccc(C(C)(C)C)cc4)cc3)cc(=O)c2c1. The molecule has 0 radical (unpaired) electrons. The molecule has 3 aromatic carbocycles. The number of ether oxygens (including phenoxy) is 1. The lowest BCUT2D eigenvalue weighted by atomic mass is 9.87. The lowest BCUT2D eigenvalue weighted by Gasteiger charge is -2.19. The Hall–Kier alpha value is -3.86. The fraction of sp³-hybridized carbons (Fsp3) is 0.185. The van der Waals surface area contributed by atoms with E-state index in [0.29, 0.717) is 33.7 Å². The quantitative estimate of drug-likeness (QED) is 0.432. The van der Waals surface area contributed by atoms with Crippen molar-refractivity contribution in [1.82, 2.24) is 0 Å². The average Bonchev–Trinajstić information content (AvgIpc) is 2.79. The molecule has 0 aliphatic rings. The van der Waals surface area contributed by atoms with Gasteiger partial charge in [0, 0.05) is 22.9 Å². The van der Waals surface area contributed by atoms with Crippen LogP contribution in [0.15, 0.2) is 82.0 Å². The predicted molar refractivity (Wildman–Crippen MR) is 128 cm³/mol. The molecule has 5 nitrogen and oxygen atoms in total. The van der Waals surface area contributed by atoms with Gasteiger partial charge in [0.25, 0.3) is 5.91 Å². The van der Waals surface area contributed by atoms with E-state index in [4.69, 9.17) is 9.15 Å². The lowest BCUT2D eigenvalue weighted by molar-refractivity contribution is 0.102. The summed E-state index contributed by atoms with van der Waals surface area (Å²) in [6.45, 7) is 6.41. The Labute approximate surface area is 186 Å². The maximum absolute atomic E-state index is 12.6. The molecule has 1 N–H and O–H groups in total. The third kappa shape index (κ3) is 4.42. The average molecular weight is 428 g/mol. The minimum Gasteiger partial charge on any atom is -0.497 e. The van der Waals surface area contributed by atoms with E-state index >= 15 is 0 Å². The number of amides is 1. The zero-order chi connectivity index (χ0) is 22.9. The number of carbonyl (C=O) groups excluding carboxylic acids is 1. The summed E-state index contributed by atoms with van der Waals surface area (Å²) < 4.78 is 11.1. The lowest BCUT2D eigenvalue weighted by Crippen LogP contribution is -2.14. The first-order chi connectivity index (χ1) is 15.2. The van der Waals surface area contributed by atoms with E-state index in [9.17, 15) is 9.59 Å². The van der Waals surface area contributed by atoms with Crippen molar-refractivity contribution in [2.75, 3.05) is 12.4 Å². The Bertz CT molecular complexity index is 1330. The molecule has 0 fully saturated rings. The van der Waals surface area contributed by atoms with Crippen molar-refractivity contribution in [3.63, 3.8) is 0 Å². The second-order valence-electron chi connectivity index (χ2n) is 8.70. The van der Waals surface area contributed by atoms with Crippen molar-refractivity contribution in [1.29, 1.82) is 0 Å². The van der Waals surface area contributed by atoms with Crippen LogP contribution in [0.2, 0.25) is 0 Å². The topological polar surface area (TPSA) is 68.5 Å². The zero-order valence-electron chi connectivity index (χ0n) is 18.6. The molecule has 0 bridgehead atoms. The van der Waals surface area contributed by atoms with Crippen LogP contribution in [-0.2, 0) is 5.41 Å². The summed E-state index contributed by atoms with van der Waals surface area (Å²) in [5.74, 6) is 0.887. The largest absolute Gasteiger partial charge is 0.497 e. The predicted octanol–water partition coefficient (Wildman–Crippen LogP) is 6.02. The monoisotopic (exact) mass is 427 g/mol. The number of anilines is 1. The minimum atomic E-state index is -0.176. The summed E-state index contributed by atoms with van der Waals surface area (Å²) >= 11 is 0. The number of fused-ring (bicyclic) bond motifs is 1. The molecule has 0 unspecified atom stereocenters. The molecule has 0 aliphatic carbocycles. The molecular formula is C27H25NO4. The van der Waals surface area contributed by atoms with E-state index in [-0.39, 0.29) is 16.8 Å². The van der Waals surface area contributed by atoms with E-state index < -0.39 is 0 Å². The van der Waals surface area contributed by atoms with Crippen molar-refractivity contribution >= 4 is 22.6 Å². The molecule has 0 aliphatic heterocycles. The van der Waals surface area contributed by atoms with Gasteiger partial charge in [0.05, 0.1) is 12.5 Å². The molecule has 1 aromatic heterocycles. The highest BCUT2D eigenvalue weighted by Gasteiger charge is 2.14. The Morgan fingerprint density at radius 3 is 2.22 bits per heavy atom. The Balaban J connectivity index is 1.53. The number of hydrogen-bond acceptors (Lipinski definition) is 4. The first-order valence-electron chi connectivity index (χ1n) is 10.4. The fourth-order valence-electron chi connectivity index (χ4n) is 3.45. The minimum absolute atomic E-state index is 0.0364. The van der Waals surface area contributed by atoms with Crippen LogP contribution in [-0.4, -0.2) is 13.0 Å². The Morgan fingerprint density at radius 2 is 1.59 bits per heavy atom. The van der Waals surface area contributed by atoms with Crippen LogP contribution in [0, 0.1) is 0 Å². The molecule has 1 amide bonds. The van der Waals surface area contributed by atoms with Gasteiger partial charge < -0.3 is 14.5 Å². The van der Waals surface area contributed by atoms with E-state index in [1.165, 1.54) is 11.6 Å². The maximum Gasteiger partial charge on any atom is 0.255 e. The second kappa shape index (κ2) is 8.35. The summed E-state index contributed by atoms with van der Waals surface area (Å²) in [5.41, 5.74) is 3.56. The summed E-state index contributed by atoms with van der Waals surface area (Å²) in [6.07, 6.45) is 0. The van der Waals surface area contributed by atoms with Gasteiger partial charge in [0.15, 0.2) is 5.43 Å². The van der Waals surface area contributed by atoms with Crippen molar-refractivity contribution in [2.45, 2.75) is 26.2 Å². The highest BCUT2D eigenvalue weighted by molar-refractivity contribution is 6.04. The first kappa shape index (κ1) is 21.4. The fourth-order valence-corrected chi connectivity index (χ4v) is 3.45. The van der Waals surface area contributed by atoms with Crippen molar-refractivity contribution in [3.8, 4) is 17.1 Å². The maximum atomic E-state index is 12.6. The van der Waals surface area contributed by atoms with Gasteiger partial charge in [0.2, 0.25) is 0 Å². The summed E-state index contributed by atoms with van der Waals surface area (Å²) in [6, 6.07) is 21.4. The van der Waals surface area contributed by atoms with E-state index in [1.807, 2.05) is 36.4 Å². The van der Waals surface area contributed by atoms with Crippen molar-refractivity contribution in [3.05, 3.63) is 94.1 Å². The summed E-state index contributed by atoms with van der Waals surface area (Å²) in [4.78, 5) is 25.1. The third-order valence-electron chi connectivity index (χ3n) is 5.37. The highest BCUT2D eigenvalue weighted by atomic mass is 16.5. The number of methoxy groups -OCH3 is 1. The molecular weight excluding hydrogens is 402 g/mol. The van der Waals surface area contributed by atoms with Crippen LogP contribution in [0.3, 0.4) is 0 Å². The van der Waals surface area contributed by atoms with Crippen LogP contribution >= 0.6 is 0 Å². The van der Waals surface area contributed by atoms with Gasteiger partial charge in [-0.05, 0) is 65.6 Å². The van der Waals surface area contributed by atoms with Crippen LogP contribution < -0.4 is 15.5 Å². The smallest absolute Gasteiger partial charge is 0.255 e. The van der Waals surface area contributed by atoms with Crippen LogP contribution in [0.1, 0.15) is 36.7 Å². The van der Waals surface area contributed by atoms with Gasteiger partial charge in [-0.2, -0.15) is 0 Å². The molecule has 0 saturated heterocycles. The molecule has 5 heteroatoms. The van der Waals surface area contributed by atoms with Crippen molar-refractivity contribution < 1.29 is 13.9 Å². The van der Waals surface area contributed by atoms with Gasteiger partial charge >= 0.3 is 0 Å². The Morgan fingerprint density at radius 1 is 0.906 bits per heavy atom. The second-order valence-corrected chi connectivity index (χ2v) is 8.70. The number of hydrogen-bond donors (Lipinski definition) is 1. The number of rotatable bonds is 4. The van der Waals surface area contributed by atoms with Crippen LogP contribution in [0.5, 0.6) is 5.75 Å². The van der Waals surface area contributed by atoms with Gasteiger partial charge in [-0.3, -0.25) is 9.59 Å². The summed E-state index contributed by atoms with van der Waals surface area (Å²) in [5, 5.41) is 3.37. The molecule has 32 heavy (non-hydrogen) atoms. The van der Waals surface area contributed by atoms with Gasteiger partial charge in [-0.25, -0.2) is 0 Å². The zero-order valence-corrected chi connectivity index (χ0v) is 18.6.